The van der Waals surface area contributed by atoms with Crippen LogP contribution < -0.4 is 5.32 Å². The molecule has 3 aliphatic rings. The van der Waals surface area contributed by atoms with Crippen molar-refractivity contribution in [2.75, 3.05) is 34.7 Å². The van der Waals surface area contributed by atoms with Crippen LogP contribution in [-0.4, -0.2) is 99.6 Å². The molecule has 1 aromatic rings. The monoisotopic (exact) mass is 555 g/mol. The van der Waals surface area contributed by atoms with Gasteiger partial charge in [0.1, 0.15) is 22.8 Å². The fourth-order valence-corrected chi connectivity index (χ4v) is 6.52. The van der Waals surface area contributed by atoms with Gasteiger partial charge >= 0.3 is 0 Å². The topological polar surface area (TPSA) is 151 Å². The summed E-state index contributed by atoms with van der Waals surface area (Å²) in [6, 6.07) is 2.29. The number of carbonyl (C=O) groups is 3. The number of likely N-dealkylation sites (N-methyl/N-ethyl adjacent to an activating group) is 1. The summed E-state index contributed by atoms with van der Waals surface area (Å²) in [6.45, 7) is 5.97. The van der Waals surface area contributed by atoms with E-state index in [9.17, 15) is 34.8 Å². The molecule has 40 heavy (non-hydrogen) atoms. The molecule has 0 saturated carbocycles. The standard InChI is InChI=1S/C30H41N3O7/c1-29(2,3)31-28(39)22-25(36)23(33(6)7)18-14-16-13-17-15(9-8-12-32(4)5)10-11-19(34)21(17)24(35)20(16)26(37)30(18,40)27(22)38/h10-11,16,18,23,34,36-37,40H,8-9,12-14H2,1-7H3,(H,31,39). The Morgan fingerprint density at radius 2 is 1.75 bits per heavy atom. The second-order valence-electron chi connectivity index (χ2n) is 12.8. The third-order valence-corrected chi connectivity index (χ3v) is 8.22. The third kappa shape index (κ3) is 4.82. The van der Waals surface area contributed by atoms with E-state index in [1.165, 1.54) is 6.07 Å². The number of hydrogen-bond acceptors (Lipinski definition) is 9. The van der Waals surface area contributed by atoms with Crippen molar-refractivity contribution in [3.8, 4) is 5.75 Å². The number of aromatic hydroxyl groups is 1. The van der Waals surface area contributed by atoms with Crippen molar-refractivity contribution < 1.29 is 34.8 Å². The number of aliphatic hydroxyl groups is 3. The lowest BCUT2D eigenvalue weighted by Crippen LogP contribution is -2.64. The number of nitrogens with one attached hydrogen (secondary N) is 1. The Morgan fingerprint density at radius 1 is 1.10 bits per heavy atom. The summed E-state index contributed by atoms with van der Waals surface area (Å²) >= 11 is 0. The van der Waals surface area contributed by atoms with E-state index in [-0.39, 0.29) is 23.3 Å². The van der Waals surface area contributed by atoms with Gasteiger partial charge in [-0.1, -0.05) is 6.07 Å². The van der Waals surface area contributed by atoms with Crippen LogP contribution in [0.25, 0.3) is 0 Å². The van der Waals surface area contributed by atoms with E-state index in [1.807, 2.05) is 20.2 Å². The number of allylic oxidation sites excluding steroid dienone is 1. The molecule has 4 rings (SSSR count). The fraction of sp³-hybridized carbons (Fsp3) is 0.567. The van der Waals surface area contributed by atoms with Gasteiger partial charge in [0.25, 0.3) is 5.91 Å². The van der Waals surface area contributed by atoms with Gasteiger partial charge in [0.15, 0.2) is 11.4 Å². The summed E-state index contributed by atoms with van der Waals surface area (Å²) in [6.07, 6.45) is 1.94. The maximum absolute atomic E-state index is 13.9. The second kappa shape index (κ2) is 10.3. The summed E-state index contributed by atoms with van der Waals surface area (Å²) in [5.41, 5.74) is -2.44. The molecule has 0 aliphatic heterocycles. The normalized spacial score (nSPS) is 26.7. The number of fused-ring (bicyclic) bond motifs is 3. The minimum atomic E-state index is -2.61. The number of amides is 1. The van der Waals surface area contributed by atoms with Crippen molar-refractivity contribution in [2.45, 2.75) is 63.6 Å². The molecule has 10 heteroatoms. The molecular formula is C30H41N3O7. The molecule has 0 radical (unpaired) electrons. The van der Waals surface area contributed by atoms with Crippen molar-refractivity contribution in [1.29, 1.82) is 0 Å². The van der Waals surface area contributed by atoms with Crippen LogP contribution in [-0.2, 0) is 22.4 Å². The molecule has 4 unspecified atom stereocenters. The van der Waals surface area contributed by atoms with Gasteiger partial charge in [-0.05, 0) is 104 Å². The quantitative estimate of drug-likeness (QED) is 0.332. The van der Waals surface area contributed by atoms with E-state index in [4.69, 9.17) is 0 Å². The summed E-state index contributed by atoms with van der Waals surface area (Å²) in [5, 5.41) is 48.1. The number of Topliss-reactive ketones (excluding diaryl/α,β-unsaturated/α-hetero) is 2. The SMILES string of the molecule is CN(C)CCCc1ccc(O)c2c1CC1CC3C(N(C)C)C(O)=C(C(=O)NC(C)(C)C)C(=O)C3(O)C(O)=C1C2=O. The highest BCUT2D eigenvalue weighted by Crippen LogP contribution is 2.52. The molecule has 0 fully saturated rings. The van der Waals surface area contributed by atoms with Gasteiger partial charge in [0, 0.05) is 17.0 Å². The molecule has 0 spiro atoms. The van der Waals surface area contributed by atoms with Gasteiger partial charge in [-0.25, -0.2) is 0 Å². The van der Waals surface area contributed by atoms with Crippen LogP contribution in [0.15, 0.2) is 34.8 Å². The molecule has 3 aliphatic carbocycles. The van der Waals surface area contributed by atoms with E-state index in [0.717, 1.165) is 18.5 Å². The Hall–Kier alpha value is -3.21. The molecule has 0 aromatic heterocycles. The fourth-order valence-electron chi connectivity index (χ4n) is 6.52. The first kappa shape index (κ1) is 29.8. The first-order valence-corrected chi connectivity index (χ1v) is 13.7. The van der Waals surface area contributed by atoms with Crippen LogP contribution in [0.2, 0.25) is 0 Å². The van der Waals surface area contributed by atoms with Crippen molar-refractivity contribution >= 4 is 17.5 Å². The number of aliphatic hydroxyl groups excluding tert-OH is 2. The number of nitrogens with zero attached hydrogens (tertiary/aromatic N) is 2. The van der Waals surface area contributed by atoms with Gasteiger partial charge < -0.3 is 30.6 Å². The smallest absolute Gasteiger partial charge is 0.258 e. The summed E-state index contributed by atoms with van der Waals surface area (Å²) in [4.78, 5) is 44.5. The first-order chi connectivity index (χ1) is 18.5. The van der Waals surface area contributed by atoms with Crippen LogP contribution in [0.5, 0.6) is 5.75 Å². The van der Waals surface area contributed by atoms with Crippen molar-refractivity contribution in [3.05, 3.63) is 51.5 Å². The average Bonchev–Trinajstić information content (AvgIpc) is 2.81. The van der Waals surface area contributed by atoms with Crippen molar-refractivity contribution in [2.24, 2.45) is 11.8 Å². The number of benzene rings is 1. The molecular weight excluding hydrogens is 514 g/mol. The van der Waals surface area contributed by atoms with E-state index in [0.29, 0.717) is 18.4 Å². The molecule has 1 amide bonds. The molecule has 0 heterocycles. The minimum absolute atomic E-state index is 0.0682. The lowest BCUT2D eigenvalue weighted by Gasteiger charge is -2.50. The Morgan fingerprint density at radius 3 is 2.33 bits per heavy atom. The largest absolute Gasteiger partial charge is 0.510 e. The van der Waals surface area contributed by atoms with E-state index >= 15 is 0 Å². The highest BCUT2D eigenvalue weighted by atomic mass is 16.3. The zero-order chi connectivity index (χ0) is 29.9. The highest BCUT2D eigenvalue weighted by molar-refractivity contribution is 6.25. The zero-order valence-corrected chi connectivity index (χ0v) is 24.3. The van der Waals surface area contributed by atoms with Gasteiger partial charge in [-0.15, -0.1) is 0 Å². The summed E-state index contributed by atoms with van der Waals surface area (Å²) in [5.74, 6) is -5.79. The maximum atomic E-state index is 13.9. The number of phenolic OH excluding ortho intramolecular Hbond substituents is 1. The highest BCUT2D eigenvalue weighted by Gasteiger charge is 2.63. The second-order valence-corrected chi connectivity index (χ2v) is 12.8. The summed E-state index contributed by atoms with van der Waals surface area (Å²) < 4.78 is 0. The number of phenols is 1. The third-order valence-electron chi connectivity index (χ3n) is 8.22. The maximum Gasteiger partial charge on any atom is 0.258 e. The van der Waals surface area contributed by atoms with Crippen molar-refractivity contribution in [3.63, 3.8) is 0 Å². The lowest BCUT2D eigenvalue weighted by molar-refractivity contribution is -0.149. The van der Waals surface area contributed by atoms with Gasteiger partial charge in [0.2, 0.25) is 5.78 Å². The molecule has 4 atom stereocenters. The Kier molecular flexibility index (Phi) is 7.68. The van der Waals surface area contributed by atoms with Crippen LogP contribution in [0.4, 0.5) is 0 Å². The summed E-state index contributed by atoms with van der Waals surface area (Å²) in [7, 11) is 7.25. The molecule has 1 aromatic carbocycles. The van der Waals surface area contributed by atoms with Gasteiger partial charge in [-0.3, -0.25) is 19.3 Å². The predicted molar refractivity (Wildman–Crippen MR) is 149 cm³/mol. The predicted octanol–water partition coefficient (Wildman–Crippen LogP) is 2.04. The lowest BCUT2D eigenvalue weighted by atomic mass is 9.58. The van der Waals surface area contributed by atoms with Crippen LogP contribution in [0.3, 0.4) is 0 Å². The Balaban J connectivity index is 1.85. The van der Waals surface area contributed by atoms with Gasteiger partial charge in [0.05, 0.1) is 11.6 Å². The molecule has 0 saturated heterocycles. The number of carbonyl (C=O) groups excluding carboxylic acids is 3. The van der Waals surface area contributed by atoms with Crippen LogP contribution in [0, 0.1) is 11.8 Å². The number of rotatable bonds is 6. The number of ketones is 2. The van der Waals surface area contributed by atoms with Crippen LogP contribution >= 0.6 is 0 Å². The first-order valence-electron chi connectivity index (χ1n) is 13.7. The Labute approximate surface area is 235 Å². The Bertz CT molecular complexity index is 1320. The van der Waals surface area contributed by atoms with Crippen molar-refractivity contribution in [1.82, 2.24) is 15.1 Å². The van der Waals surface area contributed by atoms with Gasteiger partial charge in [-0.2, -0.15) is 0 Å². The average molecular weight is 556 g/mol. The zero-order valence-electron chi connectivity index (χ0n) is 24.3. The molecule has 5 N–H and O–H groups in total. The van der Waals surface area contributed by atoms with E-state index < -0.39 is 63.6 Å². The molecule has 0 bridgehead atoms. The number of hydrogen-bond donors (Lipinski definition) is 5. The molecule has 218 valence electrons. The molecule has 10 nitrogen and oxygen atoms in total. The van der Waals surface area contributed by atoms with E-state index in [2.05, 4.69) is 10.2 Å². The minimum Gasteiger partial charge on any atom is -0.510 e. The van der Waals surface area contributed by atoms with Crippen LogP contribution in [0.1, 0.15) is 55.1 Å². The number of aryl methyl sites for hydroxylation is 1. The van der Waals surface area contributed by atoms with E-state index in [1.54, 1.807) is 39.8 Å².